The SMILES string of the molecule is C.O=C(Nc1cccc(OCc2csc3c(C(=O)NCCO)cncc23)c1)c1ccc(Cl)cc1. The molecule has 4 rings (SSSR count). The second-order valence-corrected chi connectivity index (χ2v) is 8.40. The van der Waals surface area contributed by atoms with Crippen molar-refractivity contribution in [1.29, 1.82) is 0 Å². The van der Waals surface area contributed by atoms with Crippen LogP contribution in [0, 0.1) is 0 Å². The summed E-state index contributed by atoms with van der Waals surface area (Å²) < 4.78 is 6.75. The Hall–Kier alpha value is -3.46. The Kier molecular flexibility index (Phi) is 8.59. The lowest BCUT2D eigenvalue weighted by atomic mass is 10.1. The fourth-order valence-electron chi connectivity index (χ4n) is 3.17. The second kappa shape index (κ2) is 11.6. The summed E-state index contributed by atoms with van der Waals surface area (Å²) in [5.74, 6) is 0.0689. The zero-order valence-corrected chi connectivity index (χ0v) is 18.9. The zero-order chi connectivity index (χ0) is 23.2. The van der Waals surface area contributed by atoms with Crippen LogP contribution in [0.5, 0.6) is 5.75 Å². The number of carbonyl (C=O) groups excluding carboxylic acids is 2. The summed E-state index contributed by atoms with van der Waals surface area (Å²) in [6.07, 6.45) is 3.22. The molecule has 0 aliphatic rings. The summed E-state index contributed by atoms with van der Waals surface area (Å²) in [6, 6.07) is 13.8. The van der Waals surface area contributed by atoms with Gasteiger partial charge < -0.3 is 20.5 Å². The molecule has 0 radical (unpaired) electrons. The fraction of sp³-hybridized carbons (Fsp3) is 0.160. The molecule has 0 unspecified atom stereocenters. The van der Waals surface area contributed by atoms with Crippen molar-refractivity contribution in [2.45, 2.75) is 14.0 Å². The first-order chi connectivity index (χ1) is 16.0. The standard InChI is InChI=1S/C24H20ClN3O4S.CH4/c25-17-6-4-15(5-7-17)23(30)28-18-2-1-3-19(10-18)32-13-16-14-33-22-20(16)11-26-12-21(22)24(31)27-8-9-29;/h1-7,10-12,14,29H,8-9,13H2,(H,27,31)(H,28,30);1H4. The van der Waals surface area contributed by atoms with E-state index in [1.165, 1.54) is 17.5 Å². The number of hydrogen-bond donors (Lipinski definition) is 3. The maximum atomic E-state index is 12.4. The highest BCUT2D eigenvalue weighted by molar-refractivity contribution is 7.17. The minimum absolute atomic E-state index is 0. The number of aliphatic hydroxyl groups excluding tert-OH is 1. The third-order valence-corrected chi connectivity index (χ3v) is 6.13. The smallest absolute Gasteiger partial charge is 0.255 e. The van der Waals surface area contributed by atoms with E-state index in [1.54, 1.807) is 54.7 Å². The van der Waals surface area contributed by atoms with Gasteiger partial charge in [-0.15, -0.1) is 11.3 Å². The van der Waals surface area contributed by atoms with Crippen LogP contribution in [0.15, 0.2) is 66.3 Å². The maximum absolute atomic E-state index is 12.4. The van der Waals surface area contributed by atoms with Crippen LogP contribution in [0.2, 0.25) is 5.02 Å². The van der Waals surface area contributed by atoms with Crippen molar-refractivity contribution in [3.05, 3.63) is 88.0 Å². The molecule has 34 heavy (non-hydrogen) atoms. The molecule has 0 bridgehead atoms. The number of fused-ring (bicyclic) bond motifs is 1. The van der Waals surface area contributed by atoms with Crippen molar-refractivity contribution in [3.8, 4) is 5.75 Å². The van der Waals surface area contributed by atoms with E-state index in [0.717, 1.165) is 15.6 Å². The van der Waals surface area contributed by atoms with E-state index in [9.17, 15) is 9.59 Å². The van der Waals surface area contributed by atoms with Gasteiger partial charge in [0.2, 0.25) is 0 Å². The number of nitrogens with one attached hydrogen (secondary N) is 2. The molecule has 3 N–H and O–H groups in total. The van der Waals surface area contributed by atoms with Crippen LogP contribution in [0.3, 0.4) is 0 Å². The fourth-order valence-corrected chi connectivity index (χ4v) is 4.33. The number of aliphatic hydroxyl groups is 1. The molecule has 176 valence electrons. The molecule has 9 heteroatoms. The van der Waals surface area contributed by atoms with Gasteiger partial charge in [-0.1, -0.05) is 25.1 Å². The third kappa shape index (κ3) is 5.91. The highest BCUT2D eigenvalue weighted by atomic mass is 35.5. The number of pyridine rings is 1. The molecule has 2 aromatic heterocycles. The largest absolute Gasteiger partial charge is 0.489 e. The van der Waals surface area contributed by atoms with Crippen LogP contribution in [0.25, 0.3) is 10.1 Å². The number of rotatable bonds is 8. The van der Waals surface area contributed by atoms with E-state index < -0.39 is 0 Å². The second-order valence-electron chi connectivity index (χ2n) is 7.08. The van der Waals surface area contributed by atoms with E-state index in [2.05, 4.69) is 15.6 Å². The van der Waals surface area contributed by atoms with Crippen molar-refractivity contribution in [1.82, 2.24) is 10.3 Å². The number of aromatic nitrogens is 1. The first kappa shape index (κ1) is 25.2. The number of amides is 2. The van der Waals surface area contributed by atoms with Crippen molar-refractivity contribution in [2.75, 3.05) is 18.5 Å². The normalized spacial score (nSPS) is 10.4. The number of ether oxygens (including phenoxy) is 1. The first-order valence-corrected chi connectivity index (χ1v) is 11.3. The molecule has 0 atom stereocenters. The lowest BCUT2D eigenvalue weighted by Gasteiger charge is -2.09. The number of carbonyl (C=O) groups is 2. The molecular weight excluding hydrogens is 474 g/mol. The Balaban J connectivity index is 0.00000324. The lowest BCUT2D eigenvalue weighted by molar-refractivity contribution is 0.0945. The Morgan fingerprint density at radius 2 is 1.88 bits per heavy atom. The molecule has 0 saturated carbocycles. The van der Waals surface area contributed by atoms with Gasteiger partial charge in [0.25, 0.3) is 11.8 Å². The van der Waals surface area contributed by atoms with Gasteiger partial charge in [-0.2, -0.15) is 0 Å². The molecular formula is C25H24ClN3O4S. The third-order valence-electron chi connectivity index (χ3n) is 4.80. The molecule has 7 nitrogen and oxygen atoms in total. The molecule has 0 fully saturated rings. The van der Waals surface area contributed by atoms with Gasteiger partial charge in [0.15, 0.2) is 0 Å². The Morgan fingerprint density at radius 3 is 2.65 bits per heavy atom. The first-order valence-electron chi connectivity index (χ1n) is 10.1. The predicted molar refractivity (Wildman–Crippen MR) is 136 cm³/mol. The maximum Gasteiger partial charge on any atom is 0.255 e. The number of benzene rings is 2. The average molecular weight is 498 g/mol. The molecule has 2 heterocycles. The highest BCUT2D eigenvalue weighted by Crippen LogP contribution is 2.29. The lowest BCUT2D eigenvalue weighted by Crippen LogP contribution is -2.26. The Morgan fingerprint density at radius 1 is 1.09 bits per heavy atom. The monoisotopic (exact) mass is 497 g/mol. The summed E-state index contributed by atoms with van der Waals surface area (Å²) in [5, 5.41) is 17.8. The highest BCUT2D eigenvalue weighted by Gasteiger charge is 2.15. The van der Waals surface area contributed by atoms with Gasteiger partial charge >= 0.3 is 0 Å². The van der Waals surface area contributed by atoms with Gasteiger partial charge in [-0.25, -0.2) is 0 Å². The van der Waals surface area contributed by atoms with E-state index in [1.807, 2.05) is 5.38 Å². The van der Waals surface area contributed by atoms with Crippen molar-refractivity contribution < 1.29 is 19.4 Å². The quantitative estimate of drug-likeness (QED) is 0.313. The Bertz CT molecular complexity index is 1290. The number of anilines is 1. The number of halogens is 1. The van der Waals surface area contributed by atoms with Crippen LogP contribution < -0.4 is 15.4 Å². The number of hydrogen-bond acceptors (Lipinski definition) is 6. The van der Waals surface area contributed by atoms with E-state index in [-0.39, 0.29) is 39.0 Å². The number of thiophene rings is 1. The predicted octanol–water partition coefficient (Wildman–Crippen LogP) is 5.14. The van der Waals surface area contributed by atoms with Gasteiger partial charge in [-0.05, 0) is 41.8 Å². The summed E-state index contributed by atoms with van der Waals surface area (Å²) in [6.45, 7) is 0.331. The van der Waals surface area contributed by atoms with Gasteiger partial charge in [-0.3, -0.25) is 14.6 Å². The number of nitrogens with zero attached hydrogens (tertiary/aromatic N) is 1. The van der Waals surface area contributed by atoms with Crippen molar-refractivity contribution >= 4 is 50.5 Å². The van der Waals surface area contributed by atoms with E-state index >= 15 is 0 Å². The van der Waals surface area contributed by atoms with Crippen LogP contribution in [-0.2, 0) is 6.61 Å². The van der Waals surface area contributed by atoms with Gasteiger partial charge in [0.05, 0.1) is 16.9 Å². The van der Waals surface area contributed by atoms with E-state index in [0.29, 0.717) is 27.6 Å². The molecule has 2 amide bonds. The van der Waals surface area contributed by atoms with Crippen molar-refractivity contribution in [3.63, 3.8) is 0 Å². The topological polar surface area (TPSA) is 101 Å². The Labute approximate surface area is 206 Å². The minimum atomic E-state index is -0.277. The van der Waals surface area contributed by atoms with Crippen LogP contribution in [0.1, 0.15) is 33.7 Å². The summed E-state index contributed by atoms with van der Waals surface area (Å²) in [5.41, 5.74) is 2.47. The van der Waals surface area contributed by atoms with Gasteiger partial charge in [0, 0.05) is 52.2 Å². The van der Waals surface area contributed by atoms with E-state index in [4.69, 9.17) is 21.4 Å². The van der Waals surface area contributed by atoms with Gasteiger partial charge in [0.1, 0.15) is 12.4 Å². The molecule has 4 aromatic rings. The average Bonchev–Trinajstić information content (AvgIpc) is 3.25. The molecule has 0 aliphatic carbocycles. The van der Waals surface area contributed by atoms with Crippen LogP contribution in [-0.4, -0.2) is 35.1 Å². The molecule has 0 spiro atoms. The van der Waals surface area contributed by atoms with Crippen LogP contribution in [0.4, 0.5) is 5.69 Å². The minimum Gasteiger partial charge on any atom is -0.489 e. The molecule has 2 aromatic carbocycles. The zero-order valence-electron chi connectivity index (χ0n) is 17.4. The molecule has 0 aliphatic heterocycles. The van der Waals surface area contributed by atoms with Crippen LogP contribution >= 0.6 is 22.9 Å². The summed E-state index contributed by atoms with van der Waals surface area (Å²) in [4.78, 5) is 28.9. The van der Waals surface area contributed by atoms with Crippen molar-refractivity contribution in [2.24, 2.45) is 0 Å². The summed E-state index contributed by atoms with van der Waals surface area (Å²) >= 11 is 7.31. The summed E-state index contributed by atoms with van der Waals surface area (Å²) in [7, 11) is 0. The molecule has 0 saturated heterocycles.